The van der Waals surface area contributed by atoms with E-state index in [0.29, 0.717) is 0 Å². The molecule has 0 N–H and O–H groups in total. The topological polar surface area (TPSA) is 12.5 Å². The number of ether oxygens (including phenoxy) is 1. The second kappa shape index (κ2) is 13.4. The Bertz CT molecular complexity index is 775. The zero-order chi connectivity index (χ0) is 22.6. The zero-order valence-electron chi connectivity index (χ0n) is 20.5. The van der Waals surface area contributed by atoms with Crippen LogP contribution in [-0.2, 0) is 12.8 Å². The molecule has 0 unspecified atom stereocenters. The Morgan fingerprint density at radius 1 is 0.656 bits per heavy atom. The molecule has 0 saturated heterocycles. The van der Waals surface area contributed by atoms with Crippen molar-refractivity contribution in [1.82, 2.24) is 0 Å². The molecule has 0 aliphatic carbocycles. The average Bonchev–Trinajstić information content (AvgIpc) is 2.81. The van der Waals surface area contributed by atoms with E-state index in [9.17, 15) is 0 Å². The highest BCUT2D eigenvalue weighted by atomic mass is 16.5. The second-order valence-corrected chi connectivity index (χ2v) is 9.29. The Kier molecular flexibility index (Phi) is 10.2. The highest BCUT2D eigenvalue weighted by molar-refractivity contribution is 5.80. The summed E-state index contributed by atoms with van der Waals surface area (Å²) in [7, 11) is 0. The minimum Gasteiger partial charge on any atom is -0.453 e. The molecule has 2 aromatic carbocycles. The predicted octanol–water partition coefficient (Wildman–Crippen LogP) is 9.88. The molecule has 2 heteroatoms. The third-order valence-corrected chi connectivity index (χ3v) is 6.61. The lowest BCUT2D eigenvalue weighted by molar-refractivity contribution is 0.474. The SMILES string of the molecule is C=CN1c2ccc(CCCCCCCC)cc2Oc2cc(CCCCCCCC)ccc21. The molecule has 0 saturated carbocycles. The Morgan fingerprint density at radius 2 is 1.09 bits per heavy atom. The molecule has 0 spiro atoms. The fourth-order valence-electron chi connectivity index (χ4n) is 4.65. The van der Waals surface area contributed by atoms with Crippen molar-refractivity contribution in [3.05, 3.63) is 60.3 Å². The maximum atomic E-state index is 6.42. The Morgan fingerprint density at radius 3 is 1.53 bits per heavy atom. The van der Waals surface area contributed by atoms with Gasteiger partial charge in [-0.05, 0) is 61.1 Å². The molecule has 2 aromatic rings. The first-order chi connectivity index (χ1) is 15.8. The molecule has 0 radical (unpaired) electrons. The zero-order valence-corrected chi connectivity index (χ0v) is 20.5. The second-order valence-electron chi connectivity index (χ2n) is 9.29. The van der Waals surface area contributed by atoms with Crippen LogP contribution < -0.4 is 9.64 Å². The van der Waals surface area contributed by atoms with Crippen molar-refractivity contribution >= 4 is 11.4 Å². The molecule has 0 fully saturated rings. The van der Waals surface area contributed by atoms with Crippen molar-refractivity contribution in [1.29, 1.82) is 0 Å². The van der Waals surface area contributed by atoms with Crippen LogP contribution in [0.4, 0.5) is 11.4 Å². The number of hydrogen-bond acceptors (Lipinski definition) is 2. The Labute approximate surface area is 196 Å². The molecule has 1 heterocycles. The monoisotopic (exact) mass is 433 g/mol. The van der Waals surface area contributed by atoms with Crippen molar-refractivity contribution in [2.45, 2.75) is 104 Å². The van der Waals surface area contributed by atoms with Crippen molar-refractivity contribution in [3.8, 4) is 11.5 Å². The lowest BCUT2D eigenvalue weighted by Crippen LogP contribution is -2.14. The summed E-state index contributed by atoms with van der Waals surface area (Å²) in [6.45, 7) is 8.61. The maximum absolute atomic E-state index is 6.42. The number of benzene rings is 2. The van der Waals surface area contributed by atoms with Gasteiger partial charge in [0.2, 0.25) is 0 Å². The normalized spacial score (nSPS) is 12.2. The van der Waals surface area contributed by atoms with Crippen LogP contribution in [0.25, 0.3) is 0 Å². The van der Waals surface area contributed by atoms with Crippen LogP contribution in [0, 0.1) is 0 Å². The van der Waals surface area contributed by atoms with Crippen LogP contribution >= 0.6 is 0 Å². The summed E-state index contributed by atoms with van der Waals surface area (Å²) in [5.74, 6) is 1.91. The number of hydrogen-bond donors (Lipinski definition) is 0. The molecule has 0 atom stereocenters. The summed E-state index contributed by atoms with van der Waals surface area (Å²) in [5, 5.41) is 0. The van der Waals surface area contributed by atoms with E-state index in [1.54, 1.807) is 0 Å². The number of anilines is 2. The predicted molar refractivity (Wildman–Crippen MR) is 139 cm³/mol. The van der Waals surface area contributed by atoms with Gasteiger partial charge in [-0.2, -0.15) is 0 Å². The molecule has 3 rings (SSSR count). The molecule has 32 heavy (non-hydrogen) atoms. The Balaban J connectivity index is 1.60. The summed E-state index contributed by atoms with van der Waals surface area (Å²) in [5.41, 5.74) is 4.91. The number of fused-ring (bicyclic) bond motifs is 2. The van der Waals surface area contributed by atoms with Crippen molar-refractivity contribution < 1.29 is 4.74 Å². The highest BCUT2D eigenvalue weighted by Gasteiger charge is 2.23. The molecule has 0 aromatic heterocycles. The molecule has 0 amide bonds. The van der Waals surface area contributed by atoms with Crippen molar-refractivity contribution in [2.75, 3.05) is 4.90 Å². The number of rotatable bonds is 15. The van der Waals surface area contributed by atoms with Gasteiger partial charge in [0.25, 0.3) is 0 Å². The van der Waals surface area contributed by atoms with Crippen LogP contribution in [0.1, 0.15) is 102 Å². The summed E-state index contributed by atoms with van der Waals surface area (Å²) in [4.78, 5) is 2.16. The van der Waals surface area contributed by atoms with Crippen LogP contribution in [0.5, 0.6) is 11.5 Å². The van der Waals surface area contributed by atoms with Crippen molar-refractivity contribution in [3.63, 3.8) is 0 Å². The molecular formula is C30H43NO. The third-order valence-electron chi connectivity index (χ3n) is 6.61. The van der Waals surface area contributed by atoms with Gasteiger partial charge < -0.3 is 9.64 Å². The molecule has 1 aliphatic rings. The van der Waals surface area contributed by atoms with Gasteiger partial charge in [0.15, 0.2) is 11.5 Å². The number of unbranched alkanes of at least 4 members (excludes halogenated alkanes) is 10. The van der Waals surface area contributed by atoms with E-state index in [1.165, 1.54) is 88.2 Å². The highest BCUT2D eigenvalue weighted by Crippen LogP contribution is 2.47. The van der Waals surface area contributed by atoms with Crippen LogP contribution in [0.15, 0.2) is 49.2 Å². The van der Waals surface area contributed by atoms with E-state index in [-0.39, 0.29) is 0 Å². The molecule has 174 valence electrons. The largest absolute Gasteiger partial charge is 0.453 e. The quantitative estimate of drug-likeness (QED) is 0.259. The third kappa shape index (κ3) is 6.89. The summed E-state index contributed by atoms with van der Waals surface area (Å²) < 4.78 is 6.42. The minimum absolute atomic E-state index is 0.956. The molecular weight excluding hydrogens is 390 g/mol. The number of aryl methyl sites for hydroxylation is 2. The van der Waals surface area contributed by atoms with E-state index in [4.69, 9.17) is 4.74 Å². The van der Waals surface area contributed by atoms with E-state index < -0.39 is 0 Å². The fraction of sp³-hybridized carbons (Fsp3) is 0.533. The first-order valence-corrected chi connectivity index (χ1v) is 13.1. The first-order valence-electron chi connectivity index (χ1n) is 13.1. The fourth-order valence-corrected chi connectivity index (χ4v) is 4.65. The van der Waals surface area contributed by atoms with Gasteiger partial charge in [-0.15, -0.1) is 0 Å². The number of nitrogens with zero attached hydrogens (tertiary/aromatic N) is 1. The molecule has 0 bridgehead atoms. The van der Waals surface area contributed by atoms with Gasteiger partial charge in [0.1, 0.15) is 0 Å². The van der Waals surface area contributed by atoms with Crippen LogP contribution in [0.2, 0.25) is 0 Å². The van der Waals surface area contributed by atoms with Crippen LogP contribution in [0.3, 0.4) is 0 Å². The minimum atomic E-state index is 0.956. The van der Waals surface area contributed by atoms with Crippen LogP contribution in [-0.4, -0.2) is 0 Å². The van der Waals surface area contributed by atoms with Gasteiger partial charge in [-0.1, -0.05) is 96.8 Å². The molecule has 1 aliphatic heterocycles. The smallest absolute Gasteiger partial charge is 0.151 e. The molecule has 2 nitrogen and oxygen atoms in total. The van der Waals surface area contributed by atoms with E-state index >= 15 is 0 Å². The van der Waals surface area contributed by atoms with Gasteiger partial charge in [-0.25, -0.2) is 0 Å². The lowest BCUT2D eigenvalue weighted by atomic mass is 10.0. The first kappa shape index (κ1) is 24.4. The van der Waals surface area contributed by atoms with E-state index in [0.717, 1.165) is 35.7 Å². The average molecular weight is 434 g/mol. The summed E-state index contributed by atoms with van der Waals surface area (Å²) in [6, 6.07) is 13.4. The van der Waals surface area contributed by atoms with Crippen molar-refractivity contribution in [2.24, 2.45) is 0 Å². The van der Waals surface area contributed by atoms with Gasteiger partial charge in [-0.3, -0.25) is 0 Å². The van der Waals surface area contributed by atoms with E-state index in [1.807, 2.05) is 6.20 Å². The van der Waals surface area contributed by atoms with Gasteiger partial charge >= 0.3 is 0 Å². The van der Waals surface area contributed by atoms with Gasteiger partial charge in [0, 0.05) is 6.20 Å². The summed E-state index contributed by atoms with van der Waals surface area (Å²) in [6.07, 6.45) is 20.1. The standard InChI is InChI=1S/C30H43NO/c1-4-7-9-11-13-15-17-25-19-21-27-29(23-25)32-30-24-26(18-16-14-12-10-8-5-2)20-22-28(30)31(27)6-3/h6,19-24H,3-5,7-18H2,1-2H3. The summed E-state index contributed by atoms with van der Waals surface area (Å²) >= 11 is 0. The van der Waals surface area contributed by atoms with Gasteiger partial charge in [0.05, 0.1) is 11.4 Å². The van der Waals surface area contributed by atoms with E-state index in [2.05, 4.69) is 61.7 Å². The Hall–Kier alpha value is -2.22. The maximum Gasteiger partial charge on any atom is 0.151 e. The lowest BCUT2D eigenvalue weighted by Gasteiger charge is -2.30.